The van der Waals surface area contributed by atoms with Crippen LogP contribution in [0.1, 0.15) is 29.0 Å². The van der Waals surface area contributed by atoms with Crippen LogP contribution in [-0.2, 0) is 16.0 Å². The molecule has 32 heavy (non-hydrogen) atoms. The van der Waals surface area contributed by atoms with E-state index in [0.29, 0.717) is 11.4 Å². The first-order valence-corrected chi connectivity index (χ1v) is 10.9. The first kappa shape index (κ1) is 21.9. The van der Waals surface area contributed by atoms with Crippen LogP contribution < -0.4 is 0 Å². The van der Waals surface area contributed by atoms with Gasteiger partial charge < -0.3 is 9.84 Å². The Morgan fingerprint density at radius 3 is 2.22 bits per heavy atom. The molecule has 5 nitrogen and oxygen atoms in total. The van der Waals surface area contributed by atoms with Gasteiger partial charge in [-0.1, -0.05) is 72.3 Å². The van der Waals surface area contributed by atoms with Crippen molar-refractivity contribution in [1.29, 1.82) is 0 Å². The highest BCUT2D eigenvalue weighted by Gasteiger charge is 2.31. The standard InChI is InChI=1S/C26H24ClNO4/c1-28(24(25(29)30)14-13-17-7-6-8-18(27)15-17)26(31)32-16-23-21-11-4-2-9-19(21)20-10-3-5-12-22(20)23/h2-12,15,23-24H,13-14,16H2,1H3,(H,29,30)/t24-/m0/s1. The maximum absolute atomic E-state index is 12.8. The average Bonchev–Trinajstić information content (AvgIpc) is 3.11. The Morgan fingerprint density at radius 1 is 1.00 bits per heavy atom. The van der Waals surface area contributed by atoms with Gasteiger partial charge in [0.25, 0.3) is 0 Å². The fourth-order valence-corrected chi connectivity index (χ4v) is 4.51. The number of aryl methyl sites for hydroxylation is 1. The van der Waals surface area contributed by atoms with E-state index in [-0.39, 0.29) is 18.9 Å². The van der Waals surface area contributed by atoms with Gasteiger partial charge in [-0.25, -0.2) is 9.59 Å². The number of carboxylic acids is 1. The van der Waals surface area contributed by atoms with Crippen LogP contribution in [0.2, 0.25) is 5.02 Å². The summed E-state index contributed by atoms with van der Waals surface area (Å²) in [6, 6.07) is 22.4. The van der Waals surface area contributed by atoms with E-state index in [1.807, 2.05) is 48.5 Å². The smallest absolute Gasteiger partial charge is 0.410 e. The van der Waals surface area contributed by atoms with E-state index in [1.54, 1.807) is 12.1 Å². The molecule has 6 heteroatoms. The molecule has 164 valence electrons. The average molecular weight is 450 g/mol. The Balaban J connectivity index is 1.43. The van der Waals surface area contributed by atoms with E-state index in [9.17, 15) is 14.7 Å². The molecule has 1 atom stereocenters. The third-order valence-corrected chi connectivity index (χ3v) is 6.21. The molecule has 0 fully saturated rings. The van der Waals surface area contributed by atoms with Gasteiger partial charge in [-0.2, -0.15) is 0 Å². The van der Waals surface area contributed by atoms with Gasteiger partial charge in [-0.05, 0) is 52.8 Å². The van der Waals surface area contributed by atoms with Gasteiger partial charge in [-0.3, -0.25) is 4.90 Å². The van der Waals surface area contributed by atoms with Crippen molar-refractivity contribution in [2.45, 2.75) is 24.8 Å². The Labute approximate surface area is 192 Å². The lowest BCUT2D eigenvalue weighted by Crippen LogP contribution is -2.43. The van der Waals surface area contributed by atoms with Crippen molar-refractivity contribution in [3.05, 3.63) is 94.5 Å². The molecule has 1 aliphatic carbocycles. The lowest BCUT2D eigenvalue weighted by atomic mass is 9.98. The van der Waals surface area contributed by atoms with Gasteiger partial charge in [0, 0.05) is 18.0 Å². The molecular formula is C26H24ClNO4. The van der Waals surface area contributed by atoms with Crippen LogP contribution in [0, 0.1) is 0 Å². The molecule has 0 saturated heterocycles. The fourth-order valence-electron chi connectivity index (χ4n) is 4.30. The van der Waals surface area contributed by atoms with Gasteiger partial charge in [0.1, 0.15) is 12.6 Å². The summed E-state index contributed by atoms with van der Waals surface area (Å²) in [6.07, 6.45) is 0.0971. The highest BCUT2D eigenvalue weighted by Crippen LogP contribution is 2.44. The summed E-state index contributed by atoms with van der Waals surface area (Å²) in [5.41, 5.74) is 5.43. The van der Waals surface area contributed by atoms with Gasteiger partial charge in [-0.15, -0.1) is 0 Å². The highest BCUT2D eigenvalue weighted by molar-refractivity contribution is 6.30. The molecule has 0 unspecified atom stereocenters. The molecule has 0 saturated carbocycles. The SMILES string of the molecule is CN(C(=O)OCC1c2ccccc2-c2ccccc21)[C@@H](CCc1cccc(Cl)c1)C(=O)O. The van der Waals surface area contributed by atoms with E-state index in [0.717, 1.165) is 27.8 Å². The summed E-state index contributed by atoms with van der Waals surface area (Å²) in [6.45, 7) is 0.151. The number of rotatable bonds is 7. The third-order valence-electron chi connectivity index (χ3n) is 5.97. The molecule has 4 rings (SSSR count). The monoisotopic (exact) mass is 449 g/mol. The molecule has 0 bridgehead atoms. The summed E-state index contributed by atoms with van der Waals surface area (Å²) in [5.74, 6) is -1.14. The molecule has 0 radical (unpaired) electrons. The maximum Gasteiger partial charge on any atom is 0.410 e. The van der Waals surface area contributed by atoms with Gasteiger partial charge in [0.2, 0.25) is 0 Å². The number of carbonyl (C=O) groups excluding carboxylic acids is 1. The van der Waals surface area contributed by atoms with Crippen molar-refractivity contribution in [3.8, 4) is 11.1 Å². The zero-order chi connectivity index (χ0) is 22.7. The zero-order valence-electron chi connectivity index (χ0n) is 17.7. The summed E-state index contributed by atoms with van der Waals surface area (Å²) in [4.78, 5) is 25.8. The zero-order valence-corrected chi connectivity index (χ0v) is 18.5. The van der Waals surface area contributed by atoms with Crippen molar-refractivity contribution in [1.82, 2.24) is 4.90 Å². The first-order valence-electron chi connectivity index (χ1n) is 10.5. The number of ether oxygens (including phenoxy) is 1. The number of halogens is 1. The molecule has 1 aliphatic rings. The number of benzene rings is 3. The minimum absolute atomic E-state index is 0.0745. The fraction of sp³-hybridized carbons (Fsp3) is 0.231. The first-order chi connectivity index (χ1) is 15.5. The van der Waals surface area contributed by atoms with Crippen LogP contribution in [0.5, 0.6) is 0 Å². The second kappa shape index (κ2) is 9.45. The summed E-state index contributed by atoms with van der Waals surface area (Å²) >= 11 is 6.01. The van der Waals surface area contributed by atoms with Crippen molar-refractivity contribution < 1.29 is 19.4 Å². The highest BCUT2D eigenvalue weighted by atomic mass is 35.5. The Bertz CT molecular complexity index is 1100. The van der Waals surface area contributed by atoms with Crippen LogP contribution >= 0.6 is 11.6 Å². The number of fused-ring (bicyclic) bond motifs is 3. The summed E-state index contributed by atoms with van der Waals surface area (Å²) < 4.78 is 5.61. The minimum Gasteiger partial charge on any atom is -0.480 e. The lowest BCUT2D eigenvalue weighted by Gasteiger charge is -2.25. The van der Waals surface area contributed by atoms with Gasteiger partial charge in [0.15, 0.2) is 0 Å². The number of nitrogens with zero attached hydrogens (tertiary/aromatic N) is 1. The normalized spacial score (nSPS) is 13.2. The number of likely N-dealkylation sites (N-methyl/N-ethyl adjacent to an activating group) is 1. The number of carboxylic acid groups (broad SMARTS) is 1. The molecule has 3 aromatic carbocycles. The van der Waals surface area contributed by atoms with E-state index in [1.165, 1.54) is 11.9 Å². The number of hydrogen-bond acceptors (Lipinski definition) is 3. The van der Waals surface area contributed by atoms with Crippen molar-refractivity contribution in [3.63, 3.8) is 0 Å². The minimum atomic E-state index is -1.07. The molecule has 1 N–H and O–H groups in total. The van der Waals surface area contributed by atoms with Gasteiger partial charge >= 0.3 is 12.1 Å². The van der Waals surface area contributed by atoms with Gasteiger partial charge in [0.05, 0.1) is 0 Å². The largest absolute Gasteiger partial charge is 0.480 e. The molecule has 3 aromatic rings. The van der Waals surface area contributed by atoms with Crippen molar-refractivity contribution >= 4 is 23.7 Å². The van der Waals surface area contributed by atoms with E-state index < -0.39 is 18.1 Å². The van der Waals surface area contributed by atoms with Crippen molar-refractivity contribution in [2.75, 3.05) is 13.7 Å². The molecule has 0 aliphatic heterocycles. The van der Waals surface area contributed by atoms with Crippen molar-refractivity contribution in [2.24, 2.45) is 0 Å². The third kappa shape index (κ3) is 4.48. The number of hydrogen-bond donors (Lipinski definition) is 1. The number of aliphatic carboxylic acids is 1. The molecule has 0 heterocycles. The maximum atomic E-state index is 12.8. The van der Waals surface area contributed by atoms with E-state index in [4.69, 9.17) is 16.3 Å². The van der Waals surface area contributed by atoms with Crippen LogP contribution in [0.15, 0.2) is 72.8 Å². The van der Waals surface area contributed by atoms with Crippen LogP contribution in [0.25, 0.3) is 11.1 Å². The quantitative estimate of drug-likeness (QED) is 0.509. The summed E-state index contributed by atoms with van der Waals surface area (Å²) in [7, 11) is 1.47. The predicted molar refractivity (Wildman–Crippen MR) is 124 cm³/mol. The van der Waals surface area contributed by atoms with E-state index >= 15 is 0 Å². The number of amides is 1. The molecule has 0 spiro atoms. The topological polar surface area (TPSA) is 66.8 Å². The molecule has 1 amide bonds. The lowest BCUT2D eigenvalue weighted by molar-refractivity contribution is -0.142. The van der Waals surface area contributed by atoms with E-state index in [2.05, 4.69) is 12.1 Å². The van der Waals surface area contributed by atoms with Crippen LogP contribution in [-0.4, -0.2) is 41.8 Å². The number of carbonyl (C=O) groups is 2. The predicted octanol–water partition coefficient (Wildman–Crippen LogP) is 5.61. The Hall–Kier alpha value is -3.31. The summed E-state index contributed by atoms with van der Waals surface area (Å²) in [5, 5.41) is 10.3. The second-order valence-electron chi connectivity index (χ2n) is 7.94. The van der Waals surface area contributed by atoms with Crippen LogP contribution in [0.3, 0.4) is 0 Å². The molecule has 0 aromatic heterocycles. The van der Waals surface area contributed by atoms with Crippen LogP contribution in [0.4, 0.5) is 4.79 Å². The Kier molecular flexibility index (Phi) is 6.47. The second-order valence-corrected chi connectivity index (χ2v) is 8.37. The Morgan fingerprint density at radius 2 is 1.62 bits per heavy atom. The molecular weight excluding hydrogens is 426 g/mol.